The second-order valence-corrected chi connectivity index (χ2v) is 6.47. The van der Waals surface area contributed by atoms with Crippen molar-refractivity contribution in [2.45, 2.75) is 12.5 Å². The average Bonchev–Trinajstić information content (AvgIpc) is 2.38. The molecule has 1 aromatic rings. The van der Waals surface area contributed by atoms with Crippen molar-refractivity contribution in [3.63, 3.8) is 0 Å². The highest BCUT2D eigenvalue weighted by atomic mass is 32.2. The summed E-state index contributed by atoms with van der Waals surface area (Å²) < 4.78 is 11.1. The molecule has 1 aliphatic rings. The summed E-state index contributed by atoms with van der Waals surface area (Å²) in [5, 5.41) is 3.57. The zero-order chi connectivity index (χ0) is 12.8. The van der Waals surface area contributed by atoms with E-state index in [0.29, 0.717) is 6.04 Å². The number of hydrogen-bond donors (Lipinski definition) is 1. The monoisotopic (exact) mass is 266 g/mol. The number of nitrogens with zero attached hydrogens (tertiary/aromatic N) is 1. The standard InChI is InChI=1S/C14H22N2OS/c1-18(17)10-9-16-8-7-15-14(12-16)11-13-5-3-2-4-6-13/h2-6,14-15H,7-12H2,1H3. The van der Waals surface area contributed by atoms with Crippen LogP contribution in [0.25, 0.3) is 0 Å². The molecular weight excluding hydrogens is 244 g/mol. The average molecular weight is 266 g/mol. The maximum atomic E-state index is 11.1. The van der Waals surface area contributed by atoms with Gasteiger partial charge in [0, 0.05) is 55.0 Å². The van der Waals surface area contributed by atoms with Crippen molar-refractivity contribution in [1.29, 1.82) is 0 Å². The molecule has 0 bridgehead atoms. The minimum atomic E-state index is -0.678. The molecule has 0 aliphatic carbocycles. The third kappa shape index (κ3) is 4.52. The highest BCUT2D eigenvalue weighted by Gasteiger charge is 2.19. The molecule has 100 valence electrons. The van der Waals surface area contributed by atoms with Crippen LogP contribution in [-0.2, 0) is 17.2 Å². The molecule has 18 heavy (non-hydrogen) atoms. The van der Waals surface area contributed by atoms with Gasteiger partial charge in [-0.1, -0.05) is 30.3 Å². The summed E-state index contributed by atoms with van der Waals surface area (Å²) >= 11 is 0. The lowest BCUT2D eigenvalue weighted by atomic mass is 10.0. The predicted molar refractivity (Wildman–Crippen MR) is 77.3 cm³/mol. The molecule has 0 spiro atoms. The van der Waals surface area contributed by atoms with E-state index in [1.165, 1.54) is 5.56 Å². The van der Waals surface area contributed by atoms with Crippen molar-refractivity contribution >= 4 is 10.8 Å². The summed E-state index contributed by atoms with van der Waals surface area (Å²) in [6, 6.07) is 11.1. The Bertz CT molecular complexity index is 383. The maximum absolute atomic E-state index is 11.1. The van der Waals surface area contributed by atoms with Gasteiger partial charge in [-0.05, 0) is 12.0 Å². The number of nitrogens with one attached hydrogen (secondary N) is 1. The van der Waals surface area contributed by atoms with E-state index in [1.807, 2.05) is 0 Å². The Hall–Kier alpha value is -0.710. The quantitative estimate of drug-likeness (QED) is 0.859. The molecule has 1 fully saturated rings. The van der Waals surface area contributed by atoms with E-state index in [4.69, 9.17) is 0 Å². The number of hydrogen-bond acceptors (Lipinski definition) is 3. The summed E-state index contributed by atoms with van der Waals surface area (Å²) in [4.78, 5) is 2.42. The fraction of sp³-hybridized carbons (Fsp3) is 0.571. The number of rotatable bonds is 5. The van der Waals surface area contributed by atoms with Crippen molar-refractivity contribution in [2.24, 2.45) is 0 Å². The second-order valence-electron chi connectivity index (χ2n) is 4.92. The van der Waals surface area contributed by atoms with E-state index in [2.05, 4.69) is 40.5 Å². The molecule has 2 rings (SSSR count). The van der Waals surface area contributed by atoms with Crippen LogP contribution in [0.5, 0.6) is 0 Å². The van der Waals surface area contributed by atoms with Gasteiger partial charge in [0.2, 0.25) is 0 Å². The van der Waals surface area contributed by atoms with Crippen LogP contribution in [-0.4, -0.2) is 53.3 Å². The molecule has 2 atom stereocenters. The zero-order valence-electron chi connectivity index (χ0n) is 11.0. The Balaban J connectivity index is 1.81. The largest absolute Gasteiger partial charge is 0.311 e. The molecule has 0 amide bonds. The lowest BCUT2D eigenvalue weighted by Crippen LogP contribution is -2.52. The van der Waals surface area contributed by atoms with Crippen LogP contribution in [0.15, 0.2) is 30.3 Å². The molecule has 1 saturated heterocycles. The van der Waals surface area contributed by atoms with E-state index in [9.17, 15) is 4.21 Å². The van der Waals surface area contributed by atoms with Crippen LogP contribution in [0.2, 0.25) is 0 Å². The molecule has 3 nitrogen and oxygen atoms in total. The summed E-state index contributed by atoms with van der Waals surface area (Å²) in [5.74, 6) is 0.790. The van der Waals surface area contributed by atoms with E-state index >= 15 is 0 Å². The van der Waals surface area contributed by atoms with E-state index in [0.717, 1.165) is 38.4 Å². The lowest BCUT2D eigenvalue weighted by molar-refractivity contribution is 0.209. The molecule has 1 aromatic carbocycles. The van der Waals surface area contributed by atoms with Gasteiger partial charge in [0.1, 0.15) is 0 Å². The topological polar surface area (TPSA) is 32.3 Å². The Kier molecular flexibility index (Phi) is 5.35. The normalized spacial score (nSPS) is 22.8. The molecule has 4 heteroatoms. The van der Waals surface area contributed by atoms with Gasteiger partial charge in [-0.25, -0.2) is 0 Å². The molecular formula is C14H22N2OS. The summed E-state index contributed by atoms with van der Waals surface area (Å²) in [6.45, 7) is 4.12. The molecule has 0 aromatic heterocycles. The Morgan fingerprint density at radius 2 is 2.17 bits per heavy atom. The Labute approximate surface area is 112 Å². The first-order valence-corrected chi connectivity index (χ1v) is 8.26. The summed E-state index contributed by atoms with van der Waals surface area (Å²) in [6.07, 6.45) is 2.86. The third-order valence-corrected chi connectivity index (χ3v) is 4.12. The third-order valence-electron chi connectivity index (χ3n) is 3.36. The highest BCUT2D eigenvalue weighted by Crippen LogP contribution is 2.07. The minimum Gasteiger partial charge on any atom is -0.311 e. The molecule has 0 saturated carbocycles. The van der Waals surface area contributed by atoms with Gasteiger partial charge in [-0.2, -0.15) is 0 Å². The minimum absolute atomic E-state index is 0.520. The van der Waals surface area contributed by atoms with Crippen LogP contribution in [0.1, 0.15) is 5.56 Å². The van der Waals surface area contributed by atoms with Gasteiger partial charge >= 0.3 is 0 Å². The molecule has 0 radical (unpaired) electrons. The first kappa shape index (κ1) is 13.7. The van der Waals surface area contributed by atoms with Crippen molar-refractivity contribution in [1.82, 2.24) is 10.2 Å². The predicted octanol–water partition coefficient (Wildman–Crippen LogP) is 0.881. The van der Waals surface area contributed by atoms with Gasteiger partial charge < -0.3 is 5.32 Å². The van der Waals surface area contributed by atoms with Crippen LogP contribution in [0, 0.1) is 0 Å². The molecule has 1 aliphatic heterocycles. The highest BCUT2D eigenvalue weighted by molar-refractivity contribution is 7.84. The van der Waals surface area contributed by atoms with Gasteiger partial charge in [0.15, 0.2) is 0 Å². The van der Waals surface area contributed by atoms with Crippen molar-refractivity contribution in [3.8, 4) is 0 Å². The van der Waals surface area contributed by atoms with Gasteiger partial charge in [0.05, 0.1) is 0 Å². The fourth-order valence-electron chi connectivity index (χ4n) is 2.39. The lowest BCUT2D eigenvalue weighted by Gasteiger charge is -2.33. The second kappa shape index (κ2) is 7.02. The van der Waals surface area contributed by atoms with Crippen molar-refractivity contribution < 1.29 is 4.21 Å². The van der Waals surface area contributed by atoms with Gasteiger partial charge in [-0.3, -0.25) is 9.11 Å². The molecule has 1 heterocycles. The zero-order valence-corrected chi connectivity index (χ0v) is 11.8. The maximum Gasteiger partial charge on any atom is 0.0359 e. The first-order valence-electron chi connectivity index (χ1n) is 6.54. The van der Waals surface area contributed by atoms with Gasteiger partial charge in [-0.15, -0.1) is 0 Å². The van der Waals surface area contributed by atoms with Crippen LogP contribution in [0.3, 0.4) is 0 Å². The van der Waals surface area contributed by atoms with Crippen LogP contribution in [0.4, 0.5) is 0 Å². The van der Waals surface area contributed by atoms with E-state index < -0.39 is 10.8 Å². The molecule has 2 unspecified atom stereocenters. The van der Waals surface area contributed by atoms with Crippen molar-refractivity contribution in [2.75, 3.05) is 38.2 Å². The summed E-state index contributed by atoms with van der Waals surface area (Å²) in [7, 11) is -0.678. The number of benzene rings is 1. The van der Waals surface area contributed by atoms with Crippen molar-refractivity contribution in [3.05, 3.63) is 35.9 Å². The SMILES string of the molecule is CS(=O)CCN1CCNC(Cc2ccccc2)C1. The van der Waals surface area contributed by atoms with Crippen LogP contribution < -0.4 is 5.32 Å². The summed E-state index contributed by atoms with van der Waals surface area (Å²) in [5.41, 5.74) is 1.39. The Morgan fingerprint density at radius 3 is 2.89 bits per heavy atom. The van der Waals surface area contributed by atoms with Gasteiger partial charge in [0.25, 0.3) is 0 Å². The smallest absolute Gasteiger partial charge is 0.0359 e. The number of piperazine rings is 1. The first-order chi connectivity index (χ1) is 8.74. The fourth-order valence-corrected chi connectivity index (χ4v) is 2.91. The van der Waals surface area contributed by atoms with E-state index in [1.54, 1.807) is 6.26 Å². The molecule has 1 N–H and O–H groups in total. The van der Waals surface area contributed by atoms with Crippen LogP contribution >= 0.6 is 0 Å². The van der Waals surface area contributed by atoms with E-state index in [-0.39, 0.29) is 0 Å². The Morgan fingerprint density at radius 1 is 1.39 bits per heavy atom.